The Labute approximate surface area is 210 Å². The number of nitrogens with zero attached hydrogens (tertiary/aromatic N) is 2. The third-order valence-corrected chi connectivity index (χ3v) is 6.87. The van der Waals surface area contributed by atoms with E-state index in [1.807, 2.05) is 59.5 Å². The highest BCUT2D eigenvalue weighted by Crippen LogP contribution is 2.28. The number of aromatic amines is 1. The molecule has 0 radical (unpaired) electrons. The first-order chi connectivity index (χ1) is 17.0. The van der Waals surface area contributed by atoms with Crippen molar-refractivity contribution in [1.82, 2.24) is 14.9 Å². The van der Waals surface area contributed by atoms with Crippen LogP contribution >= 0.6 is 11.6 Å². The largest absolute Gasteiger partial charge is 0.489 e. The van der Waals surface area contributed by atoms with Crippen LogP contribution in [0.2, 0.25) is 5.02 Å². The van der Waals surface area contributed by atoms with Crippen LogP contribution in [-0.2, 0) is 11.4 Å². The van der Waals surface area contributed by atoms with E-state index in [9.17, 15) is 4.79 Å². The fraction of sp³-hybridized carbons (Fsp3) is 0.241. The number of halogens is 1. The molecule has 0 spiro atoms. The van der Waals surface area contributed by atoms with E-state index in [0.29, 0.717) is 17.5 Å². The zero-order valence-electron chi connectivity index (χ0n) is 19.7. The molecular weight excluding hydrogens is 458 g/mol. The highest BCUT2D eigenvalue weighted by molar-refractivity contribution is 6.31. The number of imidazole rings is 1. The molecule has 1 aliphatic heterocycles. The first-order valence-corrected chi connectivity index (χ1v) is 12.3. The Morgan fingerprint density at radius 3 is 2.66 bits per heavy atom. The van der Waals surface area contributed by atoms with Gasteiger partial charge in [0.15, 0.2) is 0 Å². The van der Waals surface area contributed by atoms with E-state index in [4.69, 9.17) is 21.3 Å². The number of piperidine rings is 1. The summed E-state index contributed by atoms with van der Waals surface area (Å²) in [5.74, 6) is 2.19. The molecule has 0 atom stereocenters. The molecule has 1 saturated heterocycles. The molecule has 5 nitrogen and oxygen atoms in total. The minimum Gasteiger partial charge on any atom is -0.489 e. The van der Waals surface area contributed by atoms with Gasteiger partial charge in [-0.05, 0) is 67.3 Å². The Morgan fingerprint density at radius 2 is 1.89 bits per heavy atom. The maximum Gasteiger partial charge on any atom is 0.246 e. The van der Waals surface area contributed by atoms with Gasteiger partial charge in [-0.25, -0.2) is 4.98 Å². The van der Waals surface area contributed by atoms with Crippen LogP contribution in [0.15, 0.2) is 72.8 Å². The van der Waals surface area contributed by atoms with Crippen molar-refractivity contribution in [3.63, 3.8) is 0 Å². The molecule has 4 aromatic rings. The number of nitrogens with one attached hydrogen (secondary N) is 1. The Hall–Kier alpha value is -3.57. The van der Waals surface area contributed by atoms with E-state index >= 15 is 0 Å². The minimum atomic E-state index is 0.0442. The van der Waals surface area contributed by atoms with Crippen LogP contribution in [0.5, 0.6) is 5.75 Å². The van der Waals surface area contributed by atoms with Crippen LogP contribution in [0.3, 0.4) is 0 Å². The van der Waals surface area contributed by atoms with E-state index in [1.54, 1.807) is 6.08 Å². The molecule has 6 heteroatoms. The summed E-state index contributed by atoms with van der Waals surface area (Å²) < 4.78 is 5.83. The van der Waals surface area contributed by atoms with Gasteiger partial charge in [-0.1, -0.05) is 48.0 Å². The van der Waals surface area contributed by atoms with Gasteiger partial charge in [0.05, 0.1) is 11.0 Å². The van der Waals surface area contributed by atoms with Crippen molar-refractivity contribution in [3.8, 4) is 5.75 Å². The molecular formula is C29H28ClN3O2. The third kappa shape index (κ3) is 5.57. The molecule has 5 rings (SSSR count). The third-order valence-electron chi connectivity index (χ3n) is 6.50. The van der Waals surface area contributed by atoms with Crippen molar-refractivity contribution in [1.29, 1.82) is 0 Å². The van der Waals surface area contributed by atoms with Crippen molar-refractivity contribution >= 4 is 34.6 Å². The maximum absolute atomic E-state index is 12.7. The fourth-order valence-corrected chi connectivity index (χ4v) is 4.62. The molecule has 0 aliphatic carbocycles. The molecule has 0 unspecified atom stereocenters. The average Bonchev–Trinajstić information content (AvgIpc) is 3.31. The number of aromatic nitrogens is 2. The van der Waals surface area contributed by atoms with Crippen LogP contribution in [-0.4, -0.2) is 33.9 Å². The summed E-state index contributed by atoms with van der Waals surface area (Å²) in [5, 5.41) is 0.697. The number of rotatable bonds is 6. The predicted molar refractivity (Wildman–Crippen MR) is 141 cm³/mol. The van der Waals surface area contributed by atoms with Crippen molar-refractivity contribution in [2.24, 2.45) is 0 Å². The standard InChI is InChI=1S/C29H28ClN3O2/c1-20-6-12-26-27(18-20)32-29(31-26)22-14-16-33(17-15-22)28(34)13-9-21-7-10-24(11-8-21)35-19-23-4-2-3-5-25(23)30/h2-13,18,22H,14-17,19H2,1H3,(H,31,32)/b13-9+. The Kier molecular flexibility index (Phi) is 6.87. The van der Waals surface area contributed by atoms with Crippen molar-refractivity contribution in [2.45, 2.75) is 32.3 Å². The van der Waals surface area contributed by atoms with E-state index in [1.165, 1.54) is 5.56 Å². The molecule has 35 heavy (non-hydrogen) atoms. The van der Waals surface area contributed by atoms with Crippen molar-refractivity contribution in [2.75, 3.05) is 13.1 Å². The fourth-order valence-electron chi connectivity index (χ4n) is 4.43. The SMILES string of the molecule is Cc1ccc2nc(C3CCN(C(=O)/C=C/c4ccc(OCc5ccccc5Cl)cc4)CC3)[nH]c2c1. The highest BCUT2D eigenvalue weighted by Gasteiger charge is 2.24. The van der Waals surface area contributed by atoms with E-state index in [0.717, 1.165) is 59.7 Å². The monoisotopic (exact) mass is 485 g/mol. The summed E-state index contributed by atoms with van der Waals surface area (Å²) in [6.45, 7) is 3.97. The van der Waals surface area contributed by atoms with Crippen LogP contribution in [0.1, 0.15) is 41.3 Å². The molecule has 1 N–H and O–H groups in total. The van der Waals surface area contributed by atoms with Gasteiger partial charge in [0.1, 0.15) is 18.2 Å². The van der Waals surface area contributed by atoms with Crippen molar-refractivity contribution < 1.29 is 9.53 Å². The van der Waals surface area contributed by atoms with Crippen LogP contribution < -0.4 is 4.74 Å². The molecule has 0 bridgehead atoms. The number of H-pyrrole nitrogens is 1. The molecule has 1 aliphatic rings. The van der Waals surface area contributed by atoms with Crippen molar-refractivity contribution in [3.05, 3.63) is 100 Å². The predicted octanol–water partition coefficient (Wildman–Crippen LogP) is 6.52. The molecule has 1 fully saturated rings. The zero-order chi connectivity index (χ0) is 24.2. The summed E-state index contributed by atoms with van der Waals surface area (Å²) in [6, 6.07) is 21.6. The van der Waals surface area contributed by atoms with Gasteiger partial charge in [-0.3, -0.25) is 4.79 Å². The van der Waals surface area contributed by atoms with Gasteiger partial charge in [0.25, 0.3) is 0 Å². The molecule has 178 valence electrons. The second-order valence-corrected chi connectivity index (χ2v) is 9.43. The number of ether oxygens (including phenoxy) is 1. The number of fused-ring (bicyclic) bond motifs is 1. The van der Waals surface area contributed by atoms with Gasteiger partial charge in [0, 0.05) is 35.7 Å². The number of hydrogen-bond acceptors (Lipinski definition) is 3. The first-order valence-electron chi connectivity index (χ1n) is 11.9. The van der Waals surface area contributed by atoms with Gasteiger partial charge in [-0.15, -0.1) is 0 Å². The molecule has 0 saturated carbocycles. The number of likely N-dealkylation sites (tertiary alicyclic amines) is 1. The van der Waals surface area contributed by atoms with Gasteiger partial charge < -0.3 is 14.6 Å². The zero-order valence-corrected chi connectivity index (χ0v) is 20.5. The number of carbonyl (C=O) groups is 1. The van der Waals surface area contributed by atoms with Gasteiger partial charge >= 0.3 is 0 Å². The van der Waals surface area contributed by atoms with E-state index < -0.39 is 0 Å². The quantitative estimate of drug-likeness (QED) is 0.316. The number of hydrogen-bond donors (Lipinski definition) is 1. The average molecular weight is 486 g/mol. The summed E-state index contributed by atoms with van der Waals surface area (Å²) in [7, 11) is 0. The summed E-state index contributed by atoms with van der Waals surface area (Å²) in [6.07, 6.45) is 5.34. The Bertz CT molecular complexity index is 1350. The summed E-state index contributed by atoms with van der Waals surface area (Å²) >= 11 is 6.18. The number of aryl methyl sites for hydroxylation is 1. The molecule has 1 amide bonds. The lowest BCUT2D eigenvalue weighted by Crippen LogP contribution is -2.37. The lowest BCUT2D eigenvalue weighted by Gasteiger charge is -2.30. The lowest BCUT2D eigenvalue weighted by atomic mass is 9.96. The first kappa shape index (κ1) is 23.2. The number of amides is 1. The maximum atomic E-state index is 12.7. The normalized spacial score (nSPS) is 14.6. The Balaban J connectivity index is 1.12. The second-order valence-electron chi connectivity index (χ2n) is 9.02. The number of carbonyl (C=O) groups excluding carboxylic acids is 1. The van der Waals surface area contributed by atoms with E-state index in [-0.39, 0.29) is 5.91 Å². The van der Waals surface area contributed by atoms with Crippen LogP contribution in [0.25, 0.3) is 17.1 Å². The highest BCUT2D eigenvalue weighted by atomic mass is 35.5. The topological polar surface area (TPSA) is 58.2 Å². The Morgan fingerprint density at radius 1 is 1.11 bits per heavy atom. The number of benzene rings is 3. The van der Waals surface area contributed by atoms with Crippen LogP contribution in [0.4, 0.5) is 0 Å². The van der Waals surface area contributed by atoms with E-state index in [2.05, 4.69) is 30.1 Å². The smallest absolute Gasteiger partial charge is 0.246 e. The summed E-state index contributed by atoms with van der Waals surface area (Å²) in [5.41, 5.74) is 5.21. The second kappa shape index (κ2) is 10.4. The molecule has 2 heterocycles. The molecule has 1 aromatic heterocycles. The lowest BCUT2D eigenvalue weighted by molar-refractivity contribution is -0.127. The summed E-state index contributed by atoms with van der Waals surface area (Å²) in [4.78, 5) is 22.9. The van der Waals surface area contributed by atoms with Crippen LogP contribution in [0, 0.1) is 6.92 Å². The molecule has 3 aromatic carbocycles. The van der Waals surface area contributed by atoms with Gasteiger partial charge in [0.2, 0.25) is 5.91 Å². The minimum absolute atomic E-state index is 0.0442. The van der Waals surface area contributed by atoms with Gasteiger partial charge in [-0.2, -0.15) is 0 Å².